The molecule has 0 saturated carbocycles. The first-order chi connectivity index (χ1) is 6.97. The van der Waals surface area contributed by atoms with Crippen LogP contribution in [0.5, 0.6) is 0 Å². The third kappa shape index (κ3) is 2.60. The molecule has 0 atom stereocenters. The predicted octanol–water partition coefficient (Wildman–Crippen LogP) is 3.07. The number of carbonyl (C=O) groups is 1. The minimum atomic E-state index is -0.902. The van der Waals surface area contributed by atoms with E-state index in [1.54, 1.807) is 0 Å². The molecule has 0 aliphatic rings. The molecule has 15 heavy (non-hydrogen) atoms. The van der Waals surface area contributed by atoms with Gasteiger partial charge in [-0.2, -0.15) is 0 Å². The average molecular weight is 341 g/mol. The maximum atomic E-state index is 13.3. The van der Waals surface area contributed by atoms with Gasteiger partial charge in [0.25, 0.3) is 5.69 Å². The molecule has 0 radical (unpaired) electrons. The van der Waals surface area contributed by atoms with Crippen LogP contribution in [-0.4, -0.2) is 16.0 Å². The molecule has 7 heteroatoms. The van der Waals surface area contributed by atoms with Gasteiger partial charge in [0, 0.05) is 10.5 Å². The molecule has 80 valence electrons. The first-order valence-electron chi connectivity index (χ1n) is 3.70. The lowest BCUT2D eigenvalue weighted by molar-refractivity contribution is -0.385. The molecule has 1 aromatic carbocycles. The number of carbonyl (C=O) groups excluding carboxylic acids is 1. The molecule has 0 spiro atoms. The monoisotopic (exact) mass is 339 g/mol. The number of hydrogen-bond donors (Lipinski definition) is 0. The molecule has 0 bridgehead atoms. The SMILES string of the molecule is O=C(CBr)c1c(F)cc([N+](=O)[O-])cc1Br. The van der Waals surface area contributed by atoms with E-state index in [0.29, 0.717) is 0 Å². The number of benzene rings is 1. The number of Topliss-reactive ketones (excluding diaryl/α,β-unsaturated/α-hetero) is 1. The second-order valence-electron chi connectivity index (χ2n) is 2.60. The van der Waals surface area contributed by atoms with Crippen LogP contribution in [-0.2, 0) is 0 Å². The lowest BCUT2D eigenvalue weighted by Gasteiger charge is -2.02. The summed E-state index contributed by atoms with van der Waals surface area (Å²) in [6, 6.07) is 1.82. The number of rotatable bonds is 3. The van der Waals surface area contributed by atoms with Crippen LogP contribution in [0.3, 0.4) is 0 Å². The van der Waals surface area contributed by atoms with Gasteiger partial charge in [0.2, 0.25) is 0 Å². The number of non-ortho nitro benzene ring substituents is 1. The summed E-state index contributed by atoms with van der Waals surface area (Å²) in [4.78, 5) is 20.9. The highest BCUT2D eigenvalue weighted by Gasteiger charge is 2.19. The minimum Gasteiger partial charge on any atom is -0.293 e. The van der Waals surface area contributed by atoms with Gasteiger partial charge >= 0.3 is 0 Å². The van der Waals surface area contributed by atoms with Crippen LogP contribution in [0.25, 0.3) is 0 Å². The van der Waals surface area contributed by atoms with Gasteiger partial charge in [0.1, 0.15) is 5.82 Å². The van der Waals surface area contributed by atoms with Crippen molar-refractivity contribution in [1.29, 1.82) is 0 Å². The Kier molecular flexibility index (Phi) is 3.92. The van der Waals surface area contributed by atoms with Gasteiger partial charge in [-0.25, -0.2) is 4.39 Å². The molecule has 0 unspecified atom stereocenters. The van der Waals surface area contributed by atoms with Crippen molar-refractivity contribution in [3.8, 4) is 0 Å². The molecular weight excluding hydrogens is 337 g/mol. The van der Waals surface area contributed by atoms with Crippen molar-refractivity contribution in [3.05, 3.63) is 38.1 Å². The summed E-state index contributed by atoms with van der Waals surface area (Å²) >= 11 is 5.82. The highest BCUT2D eigenvalue weighted by molar-refractivity contribution is 9.10. The number of nitrogens with zero attached hydrogens (tertiary/aromatic N) is 1. The Morgan fingerprint density at radius 3 is 2.53 bits per heavy atom. The standard InChI is InChI=1S/C8H4Br2FNO3/c9-3-7(13)8-5(10)1-4(12(14)15)2-6(8)11/h1-2H,3H2. The van der Waals surface area contributed by atoms with E-state index in [1.807, 2.05) is 0 Å². The van der Waals surface area contributed by atoms with Gasteiger partial charge in [-0.05, 0) is 15.9 Å². The first-order valence-corrected chi connectivity index (χ1v) is 5.61. The number of nitro benzene ring substituents is 1. The fourth-order valence-corrected chi connectivity index (χ4v) is 1.92. The molecule has 4 nitrogen and oxygen atoms in total. The van der Waals surface area contributed by atoms with Crippen molar-refractivity contribution in [3.63, 3.8) is 0 Å². The van der Waals surface area contributed by atoms with Crippen LogP contribution < -0.4 is 0 Å². The van der Waals surface area contributed by atoms with Crippen molar-refractivity contribution in [2.24, 2.45) is 0 Å². The average Bonchev–Trinajstić information content (AvgIpc) is 2.16. The fourth-order valence-electron chi connectivity index (χ4n) is 0.998. The summed E-state index contributed by atoms with van der Waals surface area (Å²) in [6.45, 7) is 0. The van der Waals surface area contributed by atoms with Gasteiger partial charge in [-0.15, -0.1) is 0 Å². The van der Waals surface area contributed by atoms with Crippen molar-refractivity contribution >= 4 is 43.3 Å². The quantitative estimate of drug-likeness (QED) is 0.367. The highest BCUT2D eigenvalue weighted by atomic mass is 79.9. The van der Waals surface area contributed by atoms with Gasteiger partial charge < -0.3 is 0 Å². The van der Waals surface area contributed by atoms with Crippen LogP contribution in [0.4, 0.5) is 10.1 Å². The zero-order valence-electron chi connectivity index (χ0n) is 7.17. The van der Waals surface area contributed by atoms with Crippen molar-refractivity contribution in [2.75, 3.05) is 5.33 Å². The zero-order chi connectivity index (χ0) is 11.6. The molecule has 0 amide bonds. The Balaban J connectivity index is 3.33. The molecule has 0 heterocycles. The molecule has 0 aliphatic heterocycles. The van der Waals surface area contributed by atoms with Gasteiger partial charge in [-0.1, -0.05) is 15.9 Å². The Morgan fingerprint density at radius 2 is 2.13 bits per heavy atom. The summed E-state index contributed by atoms with van der Waals surface area (Å²) in [6.07, 6.45) is 0. The van der Waals surface area contributed by atoms with E-state index in [-0.39, 0.29) is 15.4 Å². The van der Waals surface area contributed by atoms with Crippen LogP contribution in [0.15, 0.2) is 16.6 Å². The highest BCUT2D eigenvalue weighted by Crippen LogP contribution is 2.26. The summed E-state index contributed by atoms with van der Waals surface area (Å²) in [5, 5.41) is 10.3. The van der Waals surface area contributed by atoms with E-state index in [1.165, 1.54) is 0 Å². The third-order valence-electron chi connectivity index (χ3n) is 1.64. The number of nitro groups is 1. The molecule has 1 aromatic rings. The normalized spacial score (nSPS) is 10.1. The number of alkyl halides is 1. The predicted molar refractivity (Wildman–Crippen MR) is 58.9 cm³/mol. The smallest absolute Gasteiger partial charge is 0.273 e. The van der Waals surface area contributed by atoms with Crippen LogP contribution in [0.2, 0.25) is 0 Å². The molecule has 1 rings (SSSR count). The number of ketones is 1. The Bertz CT molecular complexity index is 413. The van der Waals surface area contributed by atoms with E-state index < -0.39 is 22.2 Å². The largest absolute Gasteiger partial charge is 0.293 e. The number of hydrogen-bond acceptors (Lipinski definition) is 3. The van der Waals surface area contributed by atoms with E-state index in [4.69, 9.17) is 0 Å². The van der Waals surface area contributed by atoms with Crippen molar-refractivity contribution < 1.29 is 14.1 Å². The lowest BCUT2D eigenvalue weighted by atomic mass is 10.1. The van der Waals surface area contributed by atoms with E-state index in [0.717, 1.165) is 12.1 Å². The summed E-state index contributed by atoms with van der Waals surface area (Å²) in [5.41, 5.74) is -0.581. The molecule has 0 N–H and O–H groups in total. The zero-order valence-corrected chi connectivity index (χ0v) is 10.3. The van der Waals surface area contributed by atoms with Gasteiger partial charge in [0.15, 0.2) is 5.78 Å². The molecule has 0 saturated heterocycles. The summed E-state index contributed by atoms with van der Waals surface area (Å²) in [5.74, 6) is -1.38. The van der Waals surface area contributed by atoms with Crippen LogP contribution >= 0.6 is 31.9 Å². The van der Waals surface area contributed by atoms with E-state index in [9.17, 15) is 19.3 Å². The van der Waals surface area contributed by atoms with E-state index in [2.05, 4.69) is 31.9 Å². The lowest BCUT2D eigenvalue weighted by Crippen LogP contribution is -2.05. The Labute approximate surface area is 101 Å². The molecule has 0 aromatic heterocycles. The summed E-state index contributed by atoms with van der Waals surface area (Å²) < 4.78 is 13.4. The maximum Gasteiger partial charge on any atom is 0.273 e. The second kappa shape index (κ2) is 4.80. The Morgan fingerprint density at radius 1 is 1.53 bits per heavy atom. The van der Waals surface area contributed by atoms with E-state index >= 15 is 0 Å². The van der Waals surface area contributed by atoms with Gasteiger partial charge in [-0.3, -0.25) is 14.9 Å². The molecular formula is C8H4Br2FNO3. The minimum absolute atomic E-state index is 0.0413. The van der Waals surface area contributed by atoms with Crippen LogP contribution in [0, 0.1) is 15.9 Å². The second-order valence-corrected chi connectivity index (χ2v) is 4.01. The Hall–Kier alpha value is -0.820. The molecule has 0 fully saturated rings. The molecule has 0 aliphatic carbocycles. The first kappa shape index (κ1) is 12.3. The maximum absolute atomic E-state index is 13.3. The topological polar surface area (TPSA) is 60.2 Å². The summed E-state index contributed by atoms with van der Waals surface area (Å²) in [7, 11) is 0. The van der Waals surface area contributed by atoms with Gasteiger partial charge in [0.05, 0.1) is 21.9 Å². The van der Waals surface area contributed by atoms with Crippen molar-refractivity contribution in [2.45, 2.75) is 0 Å². The number of halogens is 3. The fraction of sp³-hybridized carbons (Fsp3) is 0.125. The van der Waals surface area contributed by atoms with Crippen LogP contribution in [0.1, 0.15) is 10.4 Å². The third-order valence-corrected chi connectivity index (χ3v) is 2.77. The van der Waals surface area contributed by atoms with Crippen molar-refractivity contribution in [1.82, 2.24) is 0 Å².